The van der Waals surface area contributed by atoms with E-state index in [2.05, 4.69) is 4.57 Å². The molecule has 0 saturated carbocycles. The first kappa shape index (κ1) is 10.7. The van der Waals surface area contributed by atoms with Crippen LogP contribution in [0.25, 0.3) is 10.2 Å². The number of aromatic nitrogens is 2. The molecule has 1 aliphatic carbocycles. The molecule has 18 heavy (non-hydrogen) atoms. The lowest BCUT2D eigenvalue weighted by atomic mass is 9.97. The lowest BCUT2D eigenvalue weighted by Gasteiger charge is -2.18. The number of rotatable bonds is 0. The summed E-state index contributed by atoms with van der Waals surface area (Å²) in [4.78, 5) is 7.47. The first-order chi connectivity index (χ1) is 8.84. The molecule has 3 nitrogen and oxygen atoms in total. The molecule has 0 bridgehead atoms. The Morgan fingerprint density at radius 3 is 2.83 bits per heavy atom. The summed E-state index contributed by atoms with van der Waals surface area (Å²) in [5, 5.41) is 9.67. The van der Waals surface area contributed by atoms with Crippen molar-refractivity contribution in [1.29, 1.82) is 5.41 Å². The fourth-order valence-electron chi connectivity index (χ4n) is 3.30. The molecule has 94 valence electrons. The van der Waals surface area contributed by atoms with Crippen LogP contribution >= 0.6 is 11.3 Å². The third-order valence-corrected chi connectivity index (χ3v) is 5.42. The average Bonchev–Trinajstić information content (AvgIpc) is 2.77. The summed E-state index contributed by atoms with van der Waals surface area (Å²) in [6.45, 7) is 0.988. The molecule has 0 spiro atoms. The van der Waals surface area contributed by atoms with Gasteiger partial charge in [-0.15, -0.1) is 11.3 Å². The molecular formula is C14H17N3S. The molecule has 2 aromatic heterocycles. The Morgan fingerprint density at radius 2 is 1.89 bits per heavy atom. The highest BCUT2D eigenvalue weighted by Gasteiger charge is 2.21. The third kappa shape index (κ3) is 1.41. The van der Waals surface area contributed by atoms with Crippen molar-refractivity contribution < 1.29 is 0 Å². The lowest BCUT2D eigenvalue weighted by molar-refractivity contribution is 0.493. The van der Waals surface area contributed by atoms with Crippen molar-refractivity contribution >= 4 is 21.6 Å². The quantitative estimate of drug-likeness (QED) is 0.776. The summed E-state index contributed by atoms with van der Waals surface area (Å²) in [6, 6.07) is 0. The van der Waals surface area contributed by atoms with E-state index < -0.39 is 0 Å². The second kappa shape index (κ2) is 3.92. The molecule has 0 aromatic carbocycles. The maximum Gasteiger partial charge on any atom is 0.136 e. The predicted molar refractivity (Wildman–Crippen MR) is 73.0 cm³/mol. The van der Waals surface area contributed by atoms with Gasteiger partial charge in [-0.3, -0.25) is 5.41 Å². The highest BCUT2D eigenvalue weighted by molar-refractivity contribution is 7.18. The number of thiophene rings is 1. The molecule has 4 rings (SSSR count). The maximum absolute atomic E-state index is 8.50. The molecule has 1 N–H and O–H groups in total. The van der Waals surface area contributed by atoms with Crippen LogP contribution < -0.4 is 5.49 Å². The van der Waals surface area contributed by atoms with Crippen LogP contribution in [0.5, 0.6) is 0 Å². The van der Waals surface area contributed by atoms with E-state index in [9.17, 15) is 0 Å². The summed E-state index contributed by atoms with van der Waals surface area (Å²) in [5.74, 6) is 1.14. The molecule has 0 radical (unpaired) electrons. The fourth-order valence-corrected chi connectivity index (χ4v) is 4.58. The van der Waals surface area contributed by atoms with Gasteiger partial charge in [0.25, 0.3) is 0 Å². The van der Waals surface area contributed by atoms with Crippen molar-refractivity contribution in [3.8, 4) is 0 Å². The molecule has 0 fully saturated rings. The molecule has 4 heteroatoms. The lowest BCUT2D eigenvalue weighted by Crippen LogP contribution is -2.28. The topological polar surface area (TPSA) is 41.7 Å². The first-order valence-electron chi connectivity index (χ1n) is 6.93. The van der Waals surface area contributed by atoms with Crippen molar-refractivity contribution in [1.82, 2.24) is 9.55 Å². The van der Waals surface area contributed by atoms with Gasteiger partial charge in [-0.25, -0.2) is 4.98 Å². The summed E-state index contributed by atoms with van der Waals surface area (Å²) in [5.41, 5.74) is 2.17. The third-order valence-electron chi connectivity index (χ3n) is 4.23. The van der Waals surface area contributed by atoms with E-state index in [1.807, 2.05) is 11.3 Å². The van der Waals surface area contributed by atoms with E-state index in [0.29, 0.717) is 0 Å². The molecule has 0 unspecified atom stereocenters. The van der Waals surface area contributed by atoms with E-state index in [4.69, 9.17) is 10.4 Å². The molecule has 2 aromatic rings. The van der Waals surface area contributed by atoms with Crippen LogP contribution in [0.3, 0.4) is 0 Å². The highest BCUT2D eigenvalue weighted by atomic mass is 32.1. The zero-order valence-electron chi connectivity index (χ0n) is 10.5. The normalized spacial score (nSPS) is 18.7. The smallest absolute Gasteiger partial charge is 0.136 e. The van der Waals surface area contributed by atoms with E-state index in [0.717, 1.165) is 35.5 Å². The summed E-state index contributed by atoms with van der Waals surface area (Å²) >= 11 is 1.84. The van der Waals surface area contributed by atoms with Crippen LogP contribution in [-0.4, -0.2) is 9.55 Å². The van der Waals surface area contributed by atoms with Crippen molar-refractivity contribution in [2.75, 3.05) is 0 Å². The van der Waals surface area contributed by atoms with Crippen LogP contribution in [-0.2, 0) is 25.8 Å². The van der Waals surface area contributed by atoms with E-state index in [1.54, 1.807) is 0 Å². The number of fused-ring (bicyclic) bond motifs is 4. The summed E-state index contributed by atoms with van der Waals surface area (Å²) in [6.07, 6.45) is 8.41. The van der Waals surface area contributed by atoms with Crippen LogP contribution in [0.1, 0.15) is 41.9 Å². The van der Waals surface area contributed by atoms with Crippen molar-refractivity contribution in [2.45, 2.75) is 51.5 Å². The number of hydrogen-bond acceptors (Lipinski definition) is 3. The second-order valence-corrected chi connectivity index (χ2v) is 6.46. The zero-order chi connectivity index (χ0) is 12.1. The number of nitrogens with zero attached hydrogens (tertiary/aromatic N) is 2. The number of hydrogen-bond donors (Lipinski definition) is 1. The Morgan fingerprint density at radius 1 is 1.06 bits per heavy atom. The summed E-state index contributed by atoms with van der Waals surface area (Å²) in [7, 11) is 0. The van der Waals surface area contributed by atoms with Crippen LogP contribution in [0.2, 0.25) is 0 Å². The molecule has 0 amide bonds. The predicted octanol–water partition coefficient (Wildman–Crippen LogP) is 2.79. The first-order valence-corrected chi connectivity index (χ1v) is 7.75. The largest absolute Gasteiger partial charge is 0.314 e. The van der Waals surface area contributed by atoms with Gasteiger partial charge in [-0.2, -0.15) is 0 Å². The Hall–Kier alpha value is -1.16. The maximum atomic E-state index is 8.50. The zero-order valence-corrected chi connectivity index (χ0v) is 11.3. The van der Waals surface area contributed by atoms with Gasteiger partial charge in [-0.05, 0) is 44.1 Å². The fraction of sp³-hybridized carbons (Fsp3) is 0.571. The van der Waals surface area contributed by atoms with Gasteiger partial charge < -0.3 is 4.57 Å². The molecule has 1 aliphatic heterocycles. The van der Waals surface area contributed by atoms with Crippen molar-refractivity contribution in [3.63, 3.8) is 0 Å². The van der Waals surface area contributed by atoms with Crippen molar-refractivity contribution in [2.24, 2.45) is 0 Å². The highest BCUT2D eigenvalue weighted by Crippen LogP contribution is 2.34. The molecule has 2 aliphatic rings. The Bertz CT molecular complexity index is 680. The minimum absolute atomic E-state index is 0.731. The number of nitrogens with one attached hydrogen (secondary N) is 1. The van der Waals surface area contributed by atoms with Crippen LogP contribution in [0.4, 0.5) is 0 Å². The van der Waals surface area contributed by atoms with Gasteiger partial charge in [0.05, 0.1) is 5.39 Å². The Balaban J connectivity index is 2.07. The van der Waals surface area contributed by atoms with Gasteiger partial charge in [0.1, 0.15) is 16.1 Å². The van der Waals surface area contributed by atoms with Crippen LogP contribution in [0.15, 0.2) is 0 Å². The Kier molecular flexibility index (Phi) is 2.34. The molecule has 0 atom stereocenters. The molecule has 3 heterocycles. The van der Waals surface area contributed by atoms with Gasteiger partial charge in [0, 0.05) is 17.8 Å². The van der Waals surface area contributed by atoms with E-state index >= 15 is 0 Å². The molecule has 0 saturated heterocycles. The minimum atomic E-state index is 0.731. The second-order valence-electron chi connectivity index (χ2n) is 5.38. The van der Waals surface area contributed by atoms with Gasteiger partial charge in [0.2, 0.25) is 0 Å². The number of aryl methyl sites for hydroxylation is 3. The molecular weight excluding hydrogens is 242 g/mol. The monoisotopic (exact) mass is 259 g/mol. The van der Waals surface area contributed by atoms with Gasteiger partial charge in [0.15, 0.2) is 0 Å². The van der Waals surface area contributed by atoms with Gasteiger partial charge in [-0.1, -0.05) is 0 Å². The standard InChI is InChI=1S/C14H17N3S/c15-13-12-9-5-1-2-6-10(9)18-14(12)16-11-7-3-4-8-17(11)13/h15H,1-8H2. The summed E-state index contributed by atoms with van der Waals surface area (Å²) < 4.78 is 2.15. The van der Waals surface area contributed by atoms with Crippen LogP contribution in [0, 0.1) is 5.41 Å². The van der Waals surface area contributed by atoms with Gasteiger partial charge >= 0.3 is 0 Å². The Labute approximate surface area is 110 Å². The SMILES string of the molecule is N=c1c2c3c(sc2nc2n1CCCC2)CCCC3. The average molecular weight is 259 g/mol. The van der Waals surface area contributed by atoms with E-state index in [1.165, 1.54) is 47.9 Å². The van der Waals surface area contributed by atoms with E-state index in [-0.39, 0.29) is 0 Å². The van der Waals surface area contributed by atoms with Crippen molar-refractivity contribution in [3.05, 3.63) is 21.8 Å². The minimum Gasteiger partial charge on any atom is -0.314 e.